The molecule has 7 nitrogen and oxygen atoms in total. The van der Waals surface area contributed by atoms with Crippen LogP contribution in [0.2, 0.25) is 0 Å². The third-order valence-electron chi connectivity index (χ3n) is 4.42. The van der Waals surface area contributed by atoms with Crippen molar-refractivity contribution in [3.63, 3.8) is 0 Å². The molecule has 2 heterocycles. The molecule has 1 aliphatic heterocycles. The molecule has 1 aliphatic rings. The average Bonchev–Trinajstić information content (AvgIpc) is 2.97. The number of hydrogen-bond acceptors (Lipinski definition) is 6. The van der Waals surface area contributed by atoms with E-state index in [9.17, 15) is 9.90 Å². The second-order valence-electron chi connectivity index (χ2n) is 6.00. The van der Waals surface area contributed by atoms with Gasteiger partial charge in [-0.1, -0.05) is 23.4 Å². The van der Waals surface area contributed by atoms with Gasteiger partial charge in [-0.05, 0) is 31.4 Å². The summed E-state index contributed by atoms with van der Waals surface area (Å²) < 4.78 is 10.5. The highest BCUT2D eigenvalue weighted by Crippen LogP contribution is 2.30. The summed E-state index contributed by atoms with van der Waals surface area (Å²) >= 11 is 0. The van der Waals surface area contributed by atoms with E-state index in [-0.39, 0.29) is 12.0 Å². The first-order valence-corrected chi connectivity index (χ1v) is 7.99. The SMILES string of the molecule is COC(C)c1noc(CN2CCC(C(=O)O)Cc3ccccc32)n1. The summed E-state index contributed by atoms with van der Waals surface area (Å²) in [6.07, 6.45) is 0.896. The molecule has 2 atom stereocenters. The molecule has 0 radical (unpaired) electrons. The number of anilines is 1. The minimum Gasteiger partial charge on any atom is -0.481 e. The first-order chi connectivity index (χ1) is 11.6. The van der Waals surface area contributed by atoms with Gasteiger partial charge in [0, 0.05) is 19.3 Å². The summed E-state index contributed by atoms with van der Waals surface area (Å²) in [5.41, 5.74) is 2.06. The van der Waals surface area contributed by atoms with E-state index in [1.54, 1.807) is 7.11 Å². The van der Waals surface area contributed by atoms with Crippen LogP contribution in [0.1, 0.15) is 36.7 Å². The molecule has 2 aromatic rings. The molecule has 1 aromatic heterocycles. The van der Waals surface area contributed by atoms with E-state index in [0.29, 0.717) is 37.6 Å². The number of aromatic nitrogens is 2. The largest absolute Gasteiger partial charge is 0.481 e. The van der Waals surface area contributed by atoms with Crippen LogP contribution in [0.5, 0.6) is 0 Å². The van der Waals surface area contributed by atoms with Crippen LogP contribution >= 0.6 is 0 Å². The monoisotopic (exact) mass is 331 g/mol. The second-order valence-corrected chi connectivity index (χ2v) is 6.00. The van der Waals surface area contributed by atoms with E-state index in [4.69, 9.17) is 9.26 Å². The number of benzene rings is 1. The molecule has 1 N–H and O–H groups in total. The van der Waals surface area contributed by atoms with Gasteiger partial charge in [0.2, 0.25) is 5.89 Å². The molecule has 0 spiro atoms. The first kappa shape index (κ1) is 16.4. The minimum atomic E-state index is -0.749. The number of nitrogens with zero attached hydrogens (tertiary/aromatic N) is 3. The van der Waals surface area contributed by atoms with Gasteiger partial charge in [0.05, 0.1) is 12.5 Å². The molecule has 0 aliphatic carbocycles. The van der Waals surface area contributed by atoms with Crippen molar-refractivity contribution in [2.24, 2.45) is 5.92 Å². The second kappa shape index (κ2) is 7.00. The van der Waals surface area contributed by atoms with Gasteiger partial charge in [-0.2, -0.15) is 4.98 Å². The van der Waals surface area contributed by atoms with E-state index < -0.39 is 5.97 Å². The van der Waals surface area contributed by atoms with Gasteiger partial charge < -0.3 is 19.3 Å². The molecule has 2 unspecified atom stereocenters. The van der Waals surface area contributed by atoms with Crippen LogP contribution in [0.25, 0.3) is 0 Å². The van der Waals surface area contributed by atoms with Gasteiger partial charge in [0.1, 0.15) is 6.10 Å². The minimum absolute atomic E-state index is 0.227. The maximum absolute atomic E-state index is 11.4. The zero-order valence-corrected chi connectivity index (χ0v) is 13.8. The van der Waals surface area contributed by atoms with Crippen LogP contribution in [0, 0.1) is 5.92 Å². The van der Waals surface area contributed by atoms with Crippen molar-refractivity contribution in [3.05, 3.63) is 41.5 Å². The number of carboxylic acid groups (broad SMARTS) is 1. The van der Waals surface area contributed by atoms with Crippen molar-refractivity contribution < 1.29 is 19.2 Å². The van der Waals surface area contributed by atoms with E-state index >= 15 is 0 Å². The standard InChI is InChI=1S/C17H21N3O4/c1-11(23-2)16-18-15(24-19-16)10-20-8-7-13(17(21)22)9-12-5-3-4-6-14(12)20/h3-6,11,13H,7-10H2,1-2H3,(H,21,22). The molecule has 0 amide bonds. The molecule has 1 aromatic carbocycles. The highest BCUT2D eigenvalue weighted by molar-refractivity contribution is 5.72. The van der Waals surface area contributed by atoms with Gasteiger partial charge in [-0.3, -0.25) is 4.79 Å². The smallest absolute Gasteiger partial charge is 0.306 e. The number of methoxy groups -OCH3 is 1. The summed E-state index contributed by atoms with van der Waals surface area (Å²) in [6, 6.07) is 7.88. The Morgan fingerprint density at radius 1 is 1.50 bits per heavy atom. The van der Waals surface area contributed by atoms with E-state index in [1.807, 2.05) is 31.2 Å². The summed E-state index contributed by atoms with van der Waals surface area (Å²) in [5, 5.41) is 13.3. The molecule has 128 valence electrons. The number of hydrogen-bond donors (Lipinski definition) is 1. The van der Waals surface area contributed by atoms with Crippen molar-refractivity contribution in [2.75, 3.05) is 18.6 Å². The van der Waals surface area contributed by atoms with Crippen LogP contribution in [0.4, 0.5) is 5.69 Å². The third-order valence-corrected chi connectivity index (χ3v) is 4.42. The Hall–Kier alpha value is -2.41. The van der Waals surface area contributed by atoms with Crippen LogP contribution in [-0.4, -0.2) is 34.9 Å². The number of ether oxygens (including phenoxy) is 1. The number of carbonyl (C=O) groups is 1. The number of para-hydroxylation sites is 1. The molecule has 7 heteroatoms. The Morgan fingerprint density at radius 3 is 3.04 bits per heavy atom. The lowest BCUT2D eigenvalue weighted by Gasteiger charge is -2.22. The van der Waals surface area contributed by atoms with Gasteiger partial charge in [-0.15, -0.1) is 0 Å². The van der Waals surface area contributed by atoms with Crippen LogP contribution in [-0.2, 0) is 22.5 Å². The highest BCUT2D eigenvalue weighted by atomic mass is 16.5. The molecular formula is C17H21N3O4. The predicted molar refractivity (Wildman–Crippen MR) is 86.7 cm³/mol. The summed E-state index contributed by atoms with van der Waals surface area (Å²) in [4.78, 5) is 17.9. The normalized spacial score (nSPS) is 18.8. The van der Waals surface area contributed by atoms with Crippen LogP contribution in [0.3, 0.4) is 0 Å². The average molecular weight is 331 g/mol. The number of fused-ring (bicyclic) bond motifs is 1. The maximum Gasteiger partial charge on any atom is 0.306 e. The molecule has 3 rings (SSSR count). The van der Waals surface area contributed by atoms with E-state index in [0.717, 1.165) is 11.3 Å². The fourth-order valence-electron chi connectivity index (χ4n) is 2.93. The summed E-state index contributed by atoms with van der Waals surface area (Å²) in [5.74, 6) is -0.111. The summed E-state index contributed by atoms with van der Waals surface area (Å²) in [6.45, 7) is 2.94. The Bertz CT molecular complexity index is 715. The van der Waals surface area contributed by atoms with E-state index in [2.05, 4.69) is 15.0 Å². The lowest BCUT2D eigenvalue weighted by molar-refractivity contribution is -0.141. The van der Waals surface area contributed by atoms with Crippen molar-refractivity contribution in [3.8, 4) is 0 Å². The third kappa shape index (κ3) is 3.41. The van der Waals surface area contributed by atoms with E-state index in [1.165, 1.54) is 0 Å². The van der Waals surface area contributed by atoms with Gasteiger partial charge in [-0.25, -0.2) is 0 Å². The molecule has 0 fully saturated rings. The van der Waals surface area contributed by atoms with Crippen LogP contribution in [0.15, 0.2) is 28.8 Å². The topological polar surface area (TPSA) is 88.7 Å². The first-order valence-electron chi connectivity index (χ1n) is 7.99. The summed E-state index contributed by atoms with van der Waals surface area (Å²) in [7, 11) is 1.60. The zero-order valence-electron chi connectivity index (χ0n) is 13.8. The van der Waals surface area contributed by atoms with Gasteiger partial charge in [0.15, 0.2) is 5.82 Å². The fourth-order valence-corrected chi connectivity index (χ4v) is 2.93. The highest BCUT2D eigenvalue weighted by Gasteiger charge is 2.26. The Labute approximate surface area is 140 Å². The maximum atomic E-state index is 11.4. The molecule has 0 bridgehead atoms. The van der Waals surface area contributed by atoms with Crippen molar-refractivity contribution >= 4 is 11.7 Å². The number of rotatable bonds is 5. The molecule has 24 heavy (non-hydrogen) atoms. The van der Waals surface area contributed by atoms with Gasteiger partial charge >= 0.3 is 5.97 Å². The number of carboxylic acids is 1. The Kier molecular flexibility index (Phi) is 4.80. The van der Waals surface area contributed by atoms with Crippen molar-refractivity contribution in [1.29, 1.82) is 0 Å². The predicted octanol–water partition coefficient (Wildman–Crippen LogP) is 2.43. The van der Waals surface area contributed by atoms with Gasteiger partial charge in [0.25, 0.3) is 0 Å². The lowest BCUT2D eigenvalue weighted by atomic mass is 9.97. The zero-order chi connectivity index (χ0) is 17.1. The Morgan fingerprint density at radius 2 is 2.29 bits per heavy atom. The van der Waals surface area contributed by atoms with Crippen molar-refractivity contribution in [1.82, 2.24) is 10.1 Å². The molecular weight excluding hydrogens is 310 g/mol. The number of aliphatic carboxylic acids is 1. The molecule has 0 saturated carbocycles. The molecule has 0 saturated heterocycles. The van der Waals surface area contributed by atoms with Crippen LogP contribution < -0.4 is 4.90 Å². The fraction of sp³-hybridized carbons (Fsp3) is 0.471. The Balaban J connectivity index is 1.83. The quantitative estimate of drug-likeness (QED) is 0.900. The lowest BCUT2D eigenvalue weighted by Crippen LogP contribution is -2.25. The van der Waals surface area contributed by atoms with Crippen molar-refractivity contribution in [2.45, 2.75) is 32.4 Å².